The van der Waals surface area contributed by atoms with Crippen molar-refractivity contribution in [1.29, 1.82) is 0 Å². The fourth-order valence-corrected chi connectivity index (χ4v) is 5.68. The van der Waals surface area contributed by atoms with Crippen molar-refractivity contribution in [3.8, 4) is 5.75 Å². The van der Waals surface area contributed by atoms with Crippen LogP contribution in [-0.2, 0) is 22.4 Å². The van der Waals surface area contributed by atoms with Crippen molar-refractivity contribution in [1.82, 2.24) is 0 Å². The van der Waals surface area contributed by atoms with E-state index < -0.39 is 25.0 Å². The number of aromatic hydroxyl groups is 1. The minimum absolute atomic E-state index is 0.0829. The minimum atomic E-state index is -1.24. The first-order valence-electron chi connectivity index (χ1n) is 8.67. The van der Waals surface area contributed by atoms with E-state index in [0.717, 1.165) is 10.9 Å². The van der Waals surface area contributed by atoms with E-state index in [4.69, 9.17) is 18.6 Å². The fourth-order valence-electron chi connectivity index (χ4n) is 3.04. The van der Waals surface area contributed by atoms with Crippen LogP contribution in [0.4, 0.5) is 0 Å². The van der Waals surface area contributed by atoms with Gasteiger partial charge in [-0.25, -0.2) is 0 Å². The summed E-state index contributed by atoms with van der Waals surface area (Å²) >= 11 is -0.556. The predicted molar refractivity (Wildman–Crippen MR) is 119 cm³/mol. The molecule has 0 aromatic heterocycles. The van der Waals surface area contributed by atoms with Crippen molar-refractivity contribution in [3.05, 3.63) is 84.4 Å². The molecule has 0 aliphatic rings. The van der Waals surface area contributed by atoms with Crippen molar-refractivity contribution in [3.63, 3.8) is 0 Å². The molecular weight excluding hydrogens is 430 g/mol. The number of hydrogen-bond donors (Lipinski definition) is 1. The van der Waals surface area contributed by atoms with Crippen LogP contribution in [0.25, 0.3) is 0 Å². The second-order valence-electron chi connectivity index (χ2n) is 7.13. The molecule has 5 heteroatoms. The van der Waals surface area contributed by atoms with Crippen molar-refractivity contribution in [2.24, 2.45) is 0 Å². The van der Waals surface area contributed by atoms with Crippen molar-refractivity contribution < 1.29 is 22.1 Å². The number of para-hydroxylation sites is 1. The maximum atomic E-state index is 11.0. The van der Waals surface area contributed by atoms with Gasteiger partial charge in [-0.05, 0) is 35.7 Å². The van der Waals surface area contributed by atoms with Crippen LogP contribution in [0, 0.1) is 0 Å². The Morgan fingerprint density at radius 3 is 1.59 bits per heavy atom. The Labute approximate surface area is 180 Å². The summed E-state index contributed by atoms with van der Waals surface area (Å²) in [7, 11) is 8.54. The summed E-state index contributed by atoms with van der Waals surface area (Å²) in [5.74, 6) is 0.451. The molecule has 0 heterocycles. The summed E-state index contributed by atoms with van der Waals surface area (Å²) < 4.78 is 0. The molecule has 0 unspecified atom stereocenters. The Morgan fingerprint density at radius 1 is 0.741 bits per heavy atom. The Balaban J connectivity index is 0.000000817. The summed E-state index contributed by atoms with van der Waals surface area (Å²) in [5, 5.41) is 14.7. The van der Waals surface area contributed by atoms with Gasteiger partial charge in [-0.2, -0.15) is 0 Å². The van der Waals surface area contributed by atoms with Crippen LogP contribution in [-0.4, -0.2) is 5.11 Å². The van der Waals surface area contributed by atoms with Crippen LogP contribution < -0.4 is 15.9 Å². The van der Waals surface area contributed by atoms with Crippen LogP contribution in [0.1, 0.15) is 26.3 Å². The number of halogens is 2. The van der Waals surface area contributed by atoms with E-state index in [0.29, 0.717) is 5.75 Å². The zero-order valence-electron chi connectivity index (χ0n) is 15.7. The van der Waals surface area contributed by atoms with E-state index in [1.54, 1.807) is 0 Å². The normalized spacial score (nSPS) is 10.9. The molecular formula is C22H24Cl2OPTi+. The van der Waals surface area contributed by atoms with Gasteiger partial charge in [0.05, 0.1) is 0 Å². The molecule has 0 fully saturated rings. The average molecular weight is 454 g/mol. The molecule has 3 aromatic carbocycles. The topological polar surface area (TPSA) is 20.2 Å². The third kappa shape index (κ3) is 6.08. The Bertz CT molecular complexity index is 796. The quantitative estimate of drug-likeness (QED) is 0.406. The summed E-state index contributed by atoms with van der Waals surface area (Å²) in [6, 6.07) is 27.3. The molecule has 1 N–H and O–H groups in total. The van der Waals surface area contributed by atoms with Gasteiger partial charge in [-0.1, -0.05) is 69.3 Å². The van der Waals surface area contributed by atoms with Crippen LogP contribution in [0.3, 0.4) is 0 Å². The van der Waals surface area contributed by atoms with Gasteiger partial charge in [0.2, 0.25) is 0 Å². The summed E-state index contributed by atoms with van der Waals surface area (Å²) in [5.41, 5.74) is 0.926. The number of phenols is 1. The van der Waals surface area contributed by atoms with Gasteiger partial charge in [0, 0.05) is 5.56 Å². The first-order chi connectivity index (χ1) is 12.9. The zero-order chi connectivity index (χ0) is 19.9. The molecule has 0 atom stereocenters. The molecule has 0 radical (unpaired) electrons. The van der Waals surface area contributed by atoms with Gasteiger partial charge in [0.25, 0.3) is 0 Å². The number of phenolic OH excluding ortho intramolecular Hbond substituents is 1. The van der Waals surface area contributed by atoms with E-state index in [1.165, 1.54) is 10.6 Å². The van der Waals surface area contributed by atoms with E-state index in [2.05, 4.69) is 81.4 Å². The van der Waals surface area contributed by atoms with Crippen molar-refractivity contribution in [2.75, 3.05) is 0 Å². The number of rotatable bonds is 3. The fraction of sp³-hybridized carbons (Fsp3) is 0.182. The van der Waals surface area contributed by atoms with Gasteiger partial charge in [0.15, 0.2) is 5.75 Å². The van der Waals surface area contributed by atoms with Gasteiger partial charge in [0.1, 0.15) is 23.8 Å². The Kier molecular flexibility index (Phi) is 8.87. The zero-order valence-corrected chi connectivity index (χ0v) is 19.8. The molecule has 0 amide bonds. The standard InChI is InChI=1S/C22H23OP.2ClH.Ti/c1-22(2,3)19-15-10-16-20(21(19)23)24(17-11-6-4-7-12-17)18-13-8-5-9-14-18;;;/h4-16,23H,1-3H3;2*1H;/q;;;+2/p-1. The van der Waals surface area contributed by atoms with Gasteiger partial charge in [-0.3, -0.25) is 0 Å². The second kappa shape index (κ2) is 10.7. The third-order valence-electron chi connectivity index (χ3n) is 4.24. The van der Waals surface area contributed by atoms with Gasteiger partial charge in [-0.15, -0.1) is 0 Å². The molecule has 3 aromatic rings. The number of benzene rings is 3. The van der Waals surface area contributed by atoms with E-state index in [9.17, 15) is 5.11 Å². The SMILES string of the molecule is CC(C)(C)c1cccc([PH+](c2ccccc2)c2ccccc2)c1O.[Cl][Ti][Cl]. The molecule has 0 saturated carbocycles. The van der Waals surface area contributed by atoms with Crippen LogP contribution in [0.15, 0.2) is 78.9 Å². The average Bonchev–Trinajstić information content (AvgIpc) is 2.65. The van der Waals surface area contributed by atoms with Crippen LogP contribution in [0.5, 0.6) is 5.75 Å². The van der Waals surface area contributed by atoms with E-state index in [-0.39, 0.29) is 5.41 Å². The molecule has 0 aliphatic heterocycles. The molecule has 0 spiro atoms. The first-order valence-corrected chi connectivity index (χ1v) is 14.5. The molecule has 0 bridgehead atoms. The maximum absolute atomic E-state index is 11.0. The summed E-state index contributed by atoms with van der Waals surface area (Å²) in [6.07, 6.45) is 0. The van der Waals surface area contributed by atoms with Gasteiger partial charge >= 0.3 is 35.6 Å². The third-order valence-corrected chi connectivity index (χ3v) is 7.00. The summed E-state index contributed by atoms with van der Waals surface area (Å²) in [6.45, 7) is 6.43. The van der Waals surface area contributed by atoms with E-state index in [1.807, 2.05) is 18.2 Å². The van der Waals surface area contributed by atoms with Crippen molar-refractivity contribution >= 4 is 42.4 Å². The molecule has 140 valence electrons. The predicted octanol–water partition coefficient (Wildman–Crippen LogP) is 5.56. The molecule has 0 saturated heterocycles. The Morgan fingerprint density at radius 2 is 1.19 bits per heavy atom. The number of hydrogen-bond acceptors (Lipinski definition) is 1. The van der Waals surface area contributed by atoms with Gasteiger partial charge < -0.3 is 5.11 Å². The monoisotopic (exact) mass is 453 g/mol. The first kappa shape index (κ1) is 22.5. The molecule has 0 aliphatic carbocycles. The summed E-state index contributed by atoms with van der Waals surface area (Å²) in [4.78, 5) is 0. The van der Waals surface area contributed by atoms with Crippen LogP contribution in [0.2, 0.25) is 0 Å². The molecule has 3 rings (SSSR count). The van der Waals surface area contributed by atoms with Crippen LogP contribution >= 0.6 is 26.5 Å². The molecule has 1 nitrogen and oxygen atoms in total. The van der Waals surface area contributed by atoms with E-state index >= 15 is 0 Å². The Hall–Kier alpha value is -0.816. The van der Waals surface area contributed by atoms with Crippen molar-refractivity contribution in [2.45, 2.75) is 26.2 Å². The second-order valence-corrected chi connectivity index (χ2v) is 12.2. The molecule has 27 heavy (non-hydrogen) atoms.